The van der Waals surface area contributed by atoms with Crippen LogP contribution in [0, 0.1) is 0 Å². The molecule has 0 fully saturated rings. The van der Waals surface area contributed by atoms with Crippen LogP contribution in [0.25, 0.3) is 11.5 Å². The summed E-state index contributed by atoms with van der Waals surface area (Å²) in [6.45, 7) is 1.47. The Labute approximate surface area is 171 Å². The lowest BCUT2D eigenvalue weighted by Gasteiger charge is -2.18. The van der Waals surface area contributed by atoms with Gasteiger partial charge < -0.3 is 14.5 Å². The molecule has 0 spiro atoms. The summed E-state index contributed by atoms with van der Waals surface area (Å²) >= 11 is 0. The Hall–Kier alpha value is -3.37. The van der Waals surface area contributed by atoms with E-state index in [1.165, 1.54) is 11.1 Å². The SMILES string of the molecule is COc1ccc(-c2nc(CNCC(c3ccccc3)c3ccccc3)co2)cc1. The second-order valence-corrected chi connectivity index (χ2v) is 6.88. The zero-order chi connectivity index (χ0) is 19.9. The van der Waals surface area contributed by atoms with Crippen LogP contribution >= 0.6 is 0 Å². The maximum atomic E-state index is 5.66. The van der Waals surface area contributed by atoms with E-state index < -0.39 is 0 Å². The molecule has 0 atom stereocenters. The average molecular weight is 384 g/mol. The van der Waals surface area contributed by atoms with E-state index in [9.17, 15) is 0 Å². The molecule has 0 amide bonds. The van der Waals surface area contributed by atoms with E-state index >= 15 is 0 Å². The number of ether oxygens (including phenoxy) is 1. The van der Waals surface area contributed by atoms with Gasteiger partial charge in [-0.3, -0.25) is 0 Å². The van der Waals surface area contributed by atoms with Gasteiger partial charge in [-0.1, -0.05) is 60.7 Å². The fraction of sp³-hybridized carbons (Fsp3) is 0.160. The van der Waals surface area contributed by atoms with Crippen LogP contribution in [-0.4, -0.2) is 18.6 Å². The third kappa shape index (κ3) is 4.73. The summed E-state index contributed by atoms with van der Waals surface area (Å²) in [6.07, 6.45) is 1.71. The highest BCUT2D eigenvalue weighted by molar-refractivity contribution is 5.54. The van der Waals surface area contributed by atoms with E-state index in [0.717, 1.165) is 23.6 Å². The van der Waals surface area contributed by atoms with Crippen molar-refractivity contribution in [2.45, 2.75) is 12.5 Å². The molecule has 1 aromatic heterocycles. The number of methoxy groups -OCH3 is 1. The van der Waals surface area contributed by atoms with E-state index in [-0.39, 0.29) is 5.92 Å². The van der Waals surface area contributed by atoms with Gasteiger partial charge in [0, 0.05) is 24.6 Å². The van der Waals surface area contributed by atoms with Crippen molar-refractivity contribution in [2.75, 3.05) is 13.7 Å². The summed E-state index contributed by atoms with van der Waals surface area (Å²) in [5.74, 6) is 1.72. The smallest absolute Gasteiger partial charge is 0.226 e. The van der Waals surface area contributed by atoms with Crippen molar-refractivity contribution in [3.63, 3.8) is 0 Å². The van der Waals surface area contributed by atoms with Crippen molar-refractivity contribution in [1.82, 2.24) is 10.3 Å². The molecule has 146 valence electrons. The number of benzene rings is 3. The first-order valence-electron chi connectivity index (χ1n) is 9.73. The average Bonchev–Trinajstić information content (AvgIpc) is 3.27. The Kier molecular flexibility index (Phi) is 6.03. The van der Waals surface area contributed by atoms with Crippen LogP contribution in [0.5, 0.6) is 5.75 Å². The molecule has 4 nitrogen and oxygen atoms in total. The van der Waals surface area contributed by atoms with Gasteiger partial charge in [-0.25, -0.2) is 4.98 Å². The second kappa shape index (κ2) is 9.22. The van der Waals surface area contributed by atoms with Gasteiger partial charge in [0.25, 0.3) is 0 Å². The Morgan fingerprint density at radius 3 is 2.07 bits per heavy atom. The highest BCUT2D eigenvalue weighted by atomic mass is 16.5. The molecule has 29 heavy (non-hydrogen) atoms. The first-order chi connectivity index (χ1) is 14.3. The number of hydrogen-bond acceptors (Lipinski definition) is 4. The lowest BCUT2D eigenvalue weighted by atomic mass is 9.91. The van der Waals surface area contributed by atoms with Crippen molar-refractivity contribution in [1.29, 1.82) is 0 Å². The summed E-state index contributed by atoms with van der Waals surface area (Å²) in [4.78, 5) is 4.61. The second-order valence-electron chi connectivity index (χ2n) is 6.88. The minimum Gasteiger partial charge on any atom is -0.497 e. The van der Waals surface area contributed by atoms with E-state index in [2.05, 4.69) is 71.0 Å². The topological polar surface area (TPSA) is 47.3 Å². The van der Waals surface area contributed by atoms with Crippen molar-refractivity contribution in [2.24, 2.45) is 0 Å². The lowest BCUT2D eigenvalue weighted by Crippen LogP contribution is -2.22. The number of hydrogen-bond donors (Lipinski definition) is 1. The summed E-state index contributed by atoms with van der Waals surface area (Å²) in [6, 6.07) is 28.9. The minimum atomic E-state index is 0.283. The van der Waals surface area contributed by atoms with Crippen molar-refractivity contribution >= 4 is 0 Å². The standard InChI is InChI=1S/C25H24N2O2/c1-28-23-14-12-21(13-15-23)25-27-22(18-29-25)16-26-17-24(19-8-4-2-5-9-19)20-10-6-3-7-11-20/h2-15,18,24,26H,16-17H2,1H3. The normalized spacial score (nSPS) is 11.0. The first kappa shape index (κ1) is 19.0. The van der Waals surface area contributed by atoms with Gasteiger partial charge in [0.15, 0.2) is 0 Å². The van der Waals surface area contributed by atoms with Gasteiger partial charge in [0.05, 0.1) is 12.8 Å². The van der Waals surface area contributed by atoms with Gasteiger partial charge in [-0.2, -0.15) is 0 Å². The number of oxazole rings is 1. The van der Waals surface area contributed by atoms with Gasteiger partial charge in [0.1, 0.15) is 12.0 Å². The number of nitrogens with zero attached hydrogens (tertiary/aromatic N) is 1. The third-order valence-corrected chi connectivity index (χ3v) is 4.95. The Morgan fingerprint density at radius 2 is 1.48 bits per heavy atom. The highest BCUT2D eigenvalue weighted by Gasteiger charge is 2.14. The molecule has 0 saturated carbocycles. The Balaban J connectivity index is 1.42. The van der Waals surface area contributed by atoms with Crippen LogP contribution in [0.3, 0.4) is 0 Å². The Bertz CT molecular complexity index is 972. The maximum Gasteiger partial charge on any atom is 0.226 e. The molecule has 0 aliphatic carbocycles. The molecule has 0 radical (unpaired) electrons. The van der Waals surface area contributed by atoms with E-state index in [0.29, 0.717) is 12.4 Å². The van der Waals surface area contributed by atoms with Crippen LogP contribution in [0.2, 0.25) is 0 Å². The summed E-state index contributed by atoms with van der Waals surface area (Å²) in [5, 5.41) is 3.54. The molecule has 0 aliphatic rings. The largest absolute Gasteiger partial charge is 0.497 e. The van der Waals surface area contributed by atoms with Crippen LogP contribution < -0.4 is 10.1 Å². The maximum absolute atomic E-state index is 5.66. The summed E-state index contributed by atoms with van der Waals surface area (Å²) < 4.78 is 10.9. The third-order valence-electron chi connectivity index (χ3n) is 4.95. The van der Waals surface area contributed by atoms with Gasteiger partial charge >= 0.3 is 0 Å². The molecule has 0 bridgehead atoms. The van der Waals surface area contributed by atoms with Crippen LogP contribution in [0.1, 0.15) is 22.7 Å². The van der Waals surface area contributed by atoms with Crippen molar-refractivity contribution in [3.05, 3.63) is 108 Å². The zero-order valence-electron chi connectivity index (χ0n) is 16.4. The minimum absolute atomic E-state index is 0.283. The van der Waals surface area contributed by atoms with E-state index in [4.69, 9.17) is 9.15 Å². The molecule has 0 aliphatic heterocycles. The molecule has 1 heterocycles. The van der Waals surface area contributed by atoms with Crippen LogP contribution in [0.15, 0.2) is 95.6 Å². The molecule has 4 rings (SSSR count). The zero-order valence-corrected chi connectivity index (χ0v) is 16.4. The van der Waals surface area contributed by atoms with E-state index in [1.54, 1.807) is 13.4 Å². The molecular formula is C25H24N2O2. The van der Waals surface area contributed by atoms with Gasteiger partial charge in [-0.15, -0.1) is 0 Å². The first-order valence-corrected chi connectivity index (χ1v) is 9.73. The van der Waals surface area contributed by atoms with Gasteiger partial charge in [-0.05, 0) is 35.4 Å². The highest BCUT2D eigenvalue weighted by Crippen LogP contribution is 2.24. The predicted octanol–water partition coefficient (Wildman–Crippen LogP) is 5.27. The fourth-order valence-corrected chi connectivity index (χ4v) is 3.40. The van der Waals surface area contributed by atoms with Gasteiger partial charge in [0.2, 0.25) is 5.89 Å². The quantitative estimate of drug-likeness (QED) is 0.449. The van der Waals surface area contributed by atoms with Crippen LogP contribution in [0.4, 0.5) is 0 Å². The molecule has 0 saturated heterocycles. The molecule has 3 aromatic carbocycles. The molecule has 4 aromatic rings. The molecule has 4 heteroatoms. The predicted molar refractivity (Wildman–Crippen MR) is 115 cm³/mol. The number of nitrogens with one attached hydrogen (secondary N) is 1. The monoisotopic (exact) mass is 384 g/mol. The van der Waals surface area contributed by atoms with Crippen molar-refractivity contribution < 1.29 is 9.15 Å². The van der Waals surface area contributed by atoms with Crippen LogP contribution in [-0.2, 0) is 6.54 Å². The fourth-order valence-electron chi connectivity index (χ4n) is 3.40. The lowest BCUT2D eigenvalue weighted by molar-refractivity contribution is 0.415. The molecule has 0 unspecified atom stereocenters. The van der Waals surface area contributed by atoms with E-state index in [1.807, 2.05) is 24.3 Å². The number of aromatic nitrogens is 1. The molecule has 1 N–H and O–H groups in total. The summed E-state index contributed by atoms with van der Waals surface area (Å²) in [7, 11) is 1.65. The number of rotatable bonds is 8. The van der Waals surface area contributed by atoms with Crippen molar-refractivity contribution in [3.8, 4) is 17.2 Å². The Morgan fingerprint density at radius 1 is 0.862 bits per heavy atom. The summed E-state index contributed by atoms with van der Waals surface area (Å²) in [5.41, 5.74) is 4.41. The molecular weight excluding hydrogens is 360 g/mol.